The number of carbonyl (C=O) groups excluding carboxylic acids is 2. The fourth-order valence-corrected chi connectivity index (χ4v) is 5.90. The molecule has 0 saturated carbocycles. The average molecular weight is 625 g/mol. The predicted molar refractivity (Wildman–Crippen MR) is 187 cm³/mol. The number of rotatable bonds is 35. The number of hydrogen-bond acceptors (Lipinski definition) is 5. The smallest absolute Gasteiger partial charge is 0.372 e. The van der Waals surface area contributed by atoms with E-state index < -0.39 is 17.9 Å². The van der Waals surface area contributed by atoms with E-state index in [2.05, 4.69) is 13.8 Å². The Balaban J connectivity index is 3.64. The van der Waals surface area contributed by atoms with Gasteiger partial charge in [-0.2, -0.15) is 0 Å². The van der Waals surface area contributed by atoms with Gasteiger partial charge in [0.25, 0.3) is 0 Å². The number of carbonyl (C=O) groups is 2. The van der Waals surface area contributed by atoms with Crippen molar-refractivity contribution in [3.8, 4) is 0 Å². The summed E-state index contributed by atoms with van der Waals surface area (Å²) in [4.78, 5) is 24.5. The lowest BCUT2D eigenvalue weighted by molar-refractivity contribution is -0.326. The van der Waals surface area contributed by atoms with E-state index in [1.165, 1.54) is 154 Å². The number of unbranched alkanes of at least 4 members (excludes halogenated alkanes) is 28. The first-order valence-electron chi connectivity index (χ1n) is 19.6. The van der Waals surface area contributed by atoms with Crippen LogP contribution in [0.3, 0.4) is 0 Å². The first-order chi connectivity index (χ1) is 21.5. The Morgan fingerprint density at radius 3 is 0.795 bits per heavy atom. The Morgan fingerprint density at radius 2 is 0.591 bits per heavy atom. The molecular weight excluding hydrogens is 548 g/mol. The zero-order valence-corrected chi connectivity index (χ0v) is 29.9. The van der Waals surface area contributed by atoms with E-state index in [1.807, 2.05) is 0 Å². The van der Waals surface area contributed by atoms with E-state index in [9.17, 15) is 14.7 Å². The van der Waals surface area contributed by atoms with Gasteiger partial charge >= 0.3 is 17.9 Å². The molecule has 0 rings (SSSR count). The van der Waals surface area contributed by atoms with Crippen LogP contribution in [0.4, 0.5) is 0 Å². The van der Waals surface area contributed by atoms with Gasteiger partial charge in [0.15, 0.2) is 0 Å². The molecule has 0 aromatic heterocycles. The molecule has 0 aromatic rings. The highest BCUT2D eigenvalue weighted by atomic mass is 16.8. The molecule has 0 radical (unpaired) electrons. The zero-order chi connectivity index (χ0) is 32.4. The van der Waals surface area contributed by atoms with Crippen molar-refractivity contribution in [2.45, 2.75) is 239 Å². The van der Waals surface area contributed by atoms with Gasteiger partial charge in [-0.25, -0.2) is 0 Å². The van der Waals surface area contributed by atoms with Crippen molar-refractivity contribution in [2.24, 2.45) is 0 Å². The number of esters is 2. The summed E-state index contributed by atoms with van der Waals surface area (Å²) in [7, 11) is 0. The molecule has 0 amide bonds. The summed E-state index contributed by atoms with van der Waals surface area (Å²) in [5.74, 6) is -3.13. The largest absolute Gasteiger partial charge is 0.398 e. The maximum atomic E-state index is 12.3. The topological polar surface area (TPSA) is 72.8 Å². The van der Waals surface area contributed by atoms with Gasteiger partial charge in [-0.05, 0) is 12.8 Å². The minimum Gasteiger partial charge on any atom is -0.398 e. The lowest BCUT2D eigenvalue weighted by Gasteiger charge is -2.25. The molecule has 44 heavy (non-hydrogen) atoms. The van der Waals surface area contributed by atoms with Crippen LogP contribution < -0.4 is 0 Å². The predicted octanol–water partition coefficient (Wildman–Crippen LogP) is 12.7. The van der Waals surface area contributed by atoms with Crippen LogP contribution in [0.25, 0.3) is 0 Å². The molecule has 0 bridgehead atoms. The fraction of sp³-hybridized carbons (Fsp3) is 0.949. The summed E-state index contributed by atoms with van der Waals surface area (Å²) in [6.07, 6.45) is 38.6. The van der Waals surface area contributed by atoms with Gasteiger partial charge in [0.1, 0.15) is 0 Å². The van der Waals surface area contributed by atoms with Gasteiger partial charge in [-0.1, -0.05) is 201 Å². The van der Waals surface area contributed by atoms with Crippen molar-refractivity contribution in [1.82, 2.24) is 0 Å². The summed E-state index contributed by atoms with van der Waals surface area (Å²) in [6.45, 7) is 6.19. The second kappa shape index (κ2) is 33.3. The minimum absolute atomic E-state index is 0.0300. The average Bonchev–Trinajstić information content (AvgIpc) is 3.01. The first-order valence-corrected chi connectivity index (χ1v) is 19.6. The molecule has 0 aliphatic heterocycles. The van der Waals surface area contributed by atoms with E-state index in [0.717, 1.165) is 38.5 Å². The Bertz CT molecular complexity index is 572. The van der Waals surface area contributed by atoms with Gasteiger partial charge in [-0.3, -0.25) is 9.59 Å². The molecule has 262 valence electrons. The first kappa shape index (κ1) is 42.9. The lowest BCUT2D eigenvalue weighted by atomic mass is 10.0. The van der Waals surface area contributed by atoms with Crippen molar-refractivity contribution in [2.75, 3.05) is 0 Å². The van der Waals surface area contributed by atoms with Crippen molar-refractivity contribution >= 4 is 11.9 Å². The van der Waals surface area contributed by atoms with E-state index in [0.29, 0.717) is 0 Å². The molecule has 0 spiro atoms. The summed E-state index contributed by atoms with van der Waals surface area (Å²) in [6, 6.07) is 0. The monoisotopic (exact) mass is 625 g/mol. The Kier molecular flexibility index (Phi) is 32.4. The van der Waals surface area contributed by atoms with Crippen LogP contribution in [0.15, 0.2) is 0 Å². The van der Waals surface area contributed by atoms with Gasteiger partial charge in [0.05, 0.1) is 6.42 Å². The number of aliphatic hydroxyl groups is 1. The molecule has 0 heterocycles. The van der Waals surface area contributed by atoms with Crippen molar-refractivity contribution in [3.63, 3.8) is 0 Å². The second-order valence-corrected chi connectivity index (χ2v) is 13.4. The molecular formula is C39H76O5. The summed E-state index contributed by atoms with van der Waals surface area (Å²) in [5, 5.41) is 10.5. The van der Waals surface area contributed by atoms with Crippen LogP contribution in [0.2, 0.25) is 0 Å². The zero-order valence-electron chi connectivity index (χ0n) is 29.9. The van der Waals surface area contributed by atoms with Crippen LogP contribution in [0.1, 0.15) is 233 Å². The van der Waals surface area contributed by atoms with Gasteiger partial charge < -0.3 is 14.6 Å². The number of ether oxygens (including phenoxy) is 2. The molecule has 5 nitrogen and oxygen atoms in total. The van der Waals surface area contributed by atoms with Crippen LogP contribution >= 0.6 is 0 Å². The quantitative estimate of drug-likeness (QED) is 0.0431. The molecule has 0 atom stereocenters. The van der Waals surface area contributed by atoms with Crippen LogP contribution in [-0.4, -0.2) is 23.0 Å². The maximum absolute atomic E-state index is 12.3. The number of hydrogen-bond donors (Lipinski definition) is 1. The maximum Gasteiger partial charge on any atom is 0.372 e. The van der Waals surface area contributed by atoms with Crippen molar-refractivity contribution < 1.29 is 24.2 Å². The third kappa shape index (κ3) is 30.9. The second-order valence-electron chi connectivity index (χ2n) is 13.4. The van der Waals surface area contributed by atoms with E-state index in [4.69, 9.17) is 9.47 Å². The van der Waals surface area contributed by atoms with Gasteiger partial charge in [-0.15, -0.1) is 0 Å². The fourth-order valence-electron chi connectivity index (χ4n) is 5.90. The minimum atomic E-state index is -2.14. The van der Waals surface area contributed by atoms with Crippen molar-refractivity contribution in [1.29, 1.82) is 0 Å². The SMILES string of the molecule is CCCCCCCCCCCCCCCCCC(=O)OC(O)(CC)OC(=O)CCCCCCCCCCCCCCCCC. The summed E-state index contributed by atoms with van der Waals surface area (Å²) in [5.41, 5.74) is 0. The molecule has 0 aliphatic carbocycles. The summed E-state index contributed by atoms with van der Waals surface area (Å²) >= 11 is 0. The highest BCUT2D eigenvalue weighted by molar-refractivity contribution is 5.71. The normalized spacial score (nSPS) is 11.6. The van der Waals surface area contributed by atoms with E-state index >= 15 is 0 Å². The molecule has 1 N–H and O–H groups in total. The molecule has 0 aliphatic rings. The van der Waals surface area contributed by atoms with E-state index in [1.54, 1.807) is 6.92 Å². The molecule has 0 unspecified atom stereocenters. The third-order valence-corrected chi connectivity index (χ3v) is 8.96. The molecule has 0 aromatic carbocycles. The van der Waals surface area contributed by atoms with Crippen molar-refractivity contribution in [3.05, 3.63) is 0 Å². The van der Waals surface area contributed by atoms with Gasteiger partial charge in [0.2, 0.25) is 0 Å². The van der Waals surface area contributed by atoms with Crippen LogP contribution in [0.5, 0.6) is 0 Å². The van der Waals surface area contributed by atoms with E-state index in [-0.39, 0.29) is 19.3 Å². The Labute approximate surface area is 274 Å². The summed E-state index contributed by atoms with van der Waals surface area (Å²) < 4.78 is 10.4. The Hall–Kier alpha value is -1.10. The highest BCUT2D eigenvalue weighted by Crippen LogP contribution is 2.20. The molecule has 5 heteroatoms. The molecule has 0 saturated heterocycles. The standard InChI is InChI=1S/C39H76O5/c1-4-7-9-11-13-15-17-19-21-23-25-27-29-31-33-35-37(40)43-39(42,6-3)44-38(41)36-34-32-30-28-26-24-22-20-18-16-14-12-10-8-5-2/h42H,4-36H2,1-3H3. The Morgan fingerprint density at radius 1 is 0.386 bits per heavy atom. The highest BCUT2D eigenvalue weighted by Gasteiger charge is 2.34. The molecule has 0 fully saturated rings. The lowest BCUT2D eigenvalue weighted by Crippen LogP contribution is -2.39. The van der Waals surface area contributed by atoms with Crippen LogP contribution in [-0.2, 0) is 19.1 Å². The van der Waals surface area contributed by atoms with Gasteiger partial charge in [0, 0.05) is 12.8 Å². The van der Waals surface area contributed by atoms with Crippen LogP contribution in [0, 0.1) is 0 Å². The third-order valence-electron chi connectivity index (χ3n) is 8.96.